The lowest BCUT2D eigenvalue weighted by Gasteiger charge is -2.26. The van der Waals surface area contributed by atoms with Crippen LogP contribution in [0.25, 0.3) is 6.08 Å². The van der Waals surface area contributed by atoms with Gasteiger partial charge in [0.15, 0.2) is 11.5 Å². The van der Waals surface area contributed by atoms with E-state index >= 15 is 0 Å². The van der Waals surface area contributed by atoms with Gasteiger partial charge in [0, 0.05) is 4.47 Å². The zero-order valence-electron chi connectivity index (χ0n) is 16.8. The summed E-state index contributed by atoms with van der Waals surface area (Å²) in [7, 11) is 1.52. The van der Waals surface area contributed by atoms with Gasteiger partial charge in [0.1, 0.15) is 5.57 Å². The van der Waals surface area contributed by atoms with E-state index < -0.39 is 17.8 Å². The van der Waals surface area contributed by atoms with Gasteiger partial charge in [-0.2, -0.15) is 0 Å². The topological polar surface area (TPSA) is 84.9 Å². The number of hydrogen-bond donors (Lipinski definition) is 1. The number of barbiturate groups is 1. The summed E-state index contributed by atoms with van der Waals surface area (Å²) in [5.41, 5.74) is 1.83. The van der Waals surface area contributed by atoms with Gasteiger partial charge in [0.2, 0.25) is 0 Å². The highest BCUT2D eigenvalue weighted by Crippen LogP contribution is 2.35. The normalized spacial score (nSPS) is 15.4. The predicted octanol–water partition coefficient (Wildman–Crippen LogP) is 4.09. The maximum atomic E-state index is 13.1. The van der Waals surface area contributed by atoms with Crippen molar-refractivity contribution in [2.45, 2.75) is 20.3 Å². The Kier molecular flexibility index (Phi) is 6.56. The van der Waals surface area contributed by atoms with Crippen LogP contribution < -0.4 is 19.7 Å². The second-order valence-corrected chi connectivity index (χ2v) is 7.29. The molecular weight excluding hydrogens is 452 g/mol. The average molecular weight is 473 g/mol. The highest BCUT2D eigenvalue weighted by molar-refractivity contribution is 9.10. The maximum Gasteiger partial charge on any atom is 0.335 e. The van der Waals surface area contributed by atoms with E-state index in [2.05, 4.69) is 21.2 Å². The van der Waals surface area contributed by atoms with Crippen molar-refractivity contribution in [1.82, 2.24) is 5.32 Å². The molecule has 2 aromatic rings. The number of benzene rings is 2. The fraction of sp³-hybridized carbons (Fsp3) is 0.227. The molecule has 4 amide bonds. The van der Waals surface area contributed by atoms with E-state index in [0.29, 0.717) is 33.8 Å². The van der Waals surface area contributed by atoms with Crippen molar-refractivity contribution in [2.75, 3.05) is 18.6 Å². The minimum Gasteiger partial charge on any atom is -0.493 e. The van der Waals surface area contributed by atoms with E-state index in [0.717, 1.165) is 16.9 Å². The van der Waals surface area contributed by atoms with E-state index in [1.165, 1.54) is 13.2 Å². The van der Waals surface area contributed by atoms with Crippen LogP contribution in [0, 0.1) is 0 Å². The molecule has 7 nitrogen and oxygen atoms in total. The van der Waals surface area contributed by atoms with Crippen LogP contribution in [0.2, 0.25) is 0 Å². The smallest absolute Gasteiger partial charge is 0.335 e. The molecule has 1 aliphatic rings. The molecule has 156 valence electrons. The van der Waals surface area contributed by atoms with Crippen LogP contribution in [0.5, 0.6) is 11.5 Å². The molecule has 30 heavy (non-hydrogen) atoms. The molecule has 0 aliphatic carbocycles. The van der Waals surface area contributed by atoms with Crippen molar-refractivity contribution in [3.8, 4) is 11.5 Å². The highest BCUT2D eigenvalue weighted by Gasteiger charge is 2.37. The number of imide groups is 2. The fourth-order valence-electron chi connectivity index (χ4n) is 3.02. The van der Waals surface area contributed by atoms with Crippen LogP contribution in [0.1, 0.15) is 25.0 Å². The number of halogens is 1. The van der Waals surface area contributed by atoms with Crippen LogP contribution in [0.15, 0.2) is 46.4 Å². The van der Waals surface area contributed by atoms with Gasteiger partial charge in [-0.05, 0) is 54.8 Å². The predicted molar refractivity (Wildman–Crippen MR) is 117 cm³/mol. The largest absolute Gasteiger partial charge is 0.493 e. The van der Waals surface area contributed by atoms with Crippen molar-refractivity contribution in [2.24, 2.45) is 0 Å². The van der Waals surface area contributed by atoms with Gasteiger partial charge < -0.3 is 9.47 Å². The molecule has 0 aromatic heterocycles. The lowest BCUT2D eigenvalue weighted by molar-refractivity contribution is -0.122. The van der Waals surface area contributed by atoms with Gasteiger partial charge >= 0.3 is 6.03 Å². The summed E-state index contributed by atoms with van der Waals surface area (Å²) in [5.74, 6) is -0.472. The first-order chi connectivity index (χ1) is 14.4. The van der Waals surface area contributed by atoms with Crippen molar-refractivity contribution in [3.05, 3.63) is 57.6 Å². The summed E-state index contributed by atoms with van der Waals surface area (Å²) >= 11 is 3.42. The Morgan fingerprint density at radius 1 is 1.07 bits per heavy atom. The Morgan fingerprint density at radius 2 is 1.77 bits per heavy atom. The molecule has 1 heterocycles. The quantitative estimate of drug-likeness (QED) is 0.505. The maximum absolute atomic E-state index is 13.1. The Bertz CT molecular complexity index is 1030. The first-order valence-electron chi connectivity index (χ1n) is 9.40. The molecule has 0 unspecified atom stereocenters. The Hall–Kier alpha value is -3.13. The molecule has 1 fully saturated rings. The summed E-state index contributed by atoms with van der Waals surface area (Å²) in [5, 5.41) is 2.23. The Morgan fingerprint density at radius 3 is 2.37 bits per heavy atom. The van der Waals surface area contributed by atoms with Gasteiger partial charge in [0.25, 0.3) is 11.8 Å². The van der Waals surface area contributed by atoms with Gasteiger partial charge in [-0.25, -0.2) is 9.69 Å². The Balaban J connectivity index is 2.03. The third-order valence-electron chi connectivity index (χ3n) is 4.59. The molecule has 0 saturated carbocycles. The van der Waals surface area contributed by atoms with Crippen molar-refractivity contribution >= 4 is 45.5 Å². The molecule has 0 atom stereocenters. The minimum absolute atomic E-state index is 0.164. The van der Waals surface area contributed by atoms with E-state index in [1.54, 1.807) is 24.3 Å². The average Bonchev–Trinajstić information content (AvgIpc) is 2.73. The lowest BCUT2D eigenvalue weighted by atomic mass is 10.1. The van der Waals surface area contributed by atoms with Crippen LogP contribution in [0.3, 0.4) is 0 Å². The van der Waals surface area contributed by atoms with Crippen LogP contribution in [-0.4, -0.2) is 31.6 Å². The second-order valence-electron chi connectivity index (χ2n) is 6.44. The minimum atomic E-state index is -0.782. The number of aryl methyl sites for hydroxylation is 1. The first kappa shape index (κ1) is 21.6. The molecule has 8 heteroatoms. The molecular formula is C22H21BrN2O5. The van der Waals surface area contributed by atoms with E-state index in [1.807, 2.05) is 26.0 Å². The number of methoxy groups -OCH3 is 1. The Labute approximate surface area is 182 Å². The van der Waals surface area contributed by atoms with Crippen LogP contribution in [0.4, 0.5) is 10.5 Å². The molecule has 0 bridgehead atoms. The molecule has 0 spiro atoms. The van der Waals surface area contributed by atoms with Gasteiger partial charge in [-0.15, -0.1) is 0 Å². The van der Waals surface area contributed by atoms with Gasteiger partial charge in [-0.3, -0.25) is 14.9 Å². The van der Waals surface area contributed by atoms with Crippen molar-refractivity contribution < 1.29 is 23.9 Å². The number of ether oxygens (including phenoxy) is 2. The fourth-order valence-corrected chi connectivity index (χ4v) is 3.45. The summed E-state index contributed by atoms with van der Waals surface area (Å²) in [6.45, 7) is 4.27. The number of hydrogen-bond acceptors (Lipinski definition) is 5. The van der Waals surface area contributed by atoms with Crippen molar-refractivity contribution in [1.29, 1.82) is 0 Å². The number of nitrogens with zero attached hydrogens (tertiary/aromatic N) is 1. The summed E-state index contributed by atoms with van der Waals surface area (Å²) < 4.78 is 11.5. The number of anilines is 1. The van der Waals surface area contributed by atoms with Crippen molar-refractivity contribution in [3.63, 3.8) is 0 Å². The number of rotatable bonds is 6. The molecule has 3 rings (SSSR count). The zero-order valence-corrected chi connectivity index (χ0v) is 18.4. The van der Waals surface area contributed by atoms with E-state index in [9.17, 15) is 14.4 Å². The number of amides is 4. The number of carbonyl (C=O) groups is 3. The SMILES string of the molecule is CCOc1cc(/C=C2/C(=O)NC(=O)N(c3ccc(CC)cc3)C2=O)c(Br)cc1OC. The first-order valence-corrected chi connectivity index (χ1v) is 10.2. The third-order valence-corrected chi connectivity index (χ3v) is 5.27. The van der Waals surface area contributed by atoms with E-state index in [4.69, 9.17) is 9.47 Å². The van der Waals surface area contributed by atoms with Gasteiger partial charge in [0.05, 0.1) is 19.4 Å². The van der Waals surface area contributed by atoms with Crippen LogP contribution in [-0.2, 0) is 16.0 Å². The molecule has 1 saturated heterocycles. The van der Waals surface area contributed by atoms with Gasteiger partial charge in [-0.1, -0.05) is 35.0 Å². The second kappa shape index (κ2) is 9.13. The standard InChI is InChI=1S/C22H21BrN2O5/c1-4-13-6-8-15(9-7-13)25-21(27)16(20(26)24-22(25)28)10-14-11-19(30-5-2)18(29-3)12-17(14)23/h6-12H,4-5H2,1-3H3,(H,24,26,28)/b16-10-. The monoisotopic (exact) mass is 472 g/mol. The zero-order chi connectivity index (χ0) is 21.8. The molecule has 0 radical (unpaired) electrons. The summed E-state index contributed by atoms with van der Waals surface area (Å²) in [6.07, 6.45) is 2.25. The summed E-state index contributed by atoms with van der Waals surface area (Å²) in [6, 6.07) is 9.61. The highest BCUT2D eigenvalue weighted by atomic mass is 79.9. The molecule has 2 aromatic carbocycles. The molecule has 1 N–H and O–H groups in total. The molecule has 1 aliphatic heterocycles. The number of nitrogens with one attached hydrogen (secondary N) is 1. The van der Waals surface area contributed by atoms with E-state index in [-0.39, 0.29) is 5.57 Å². The summed E-state index contributed by atoms with van der Waals surface area (Å²) in [4.78, 5) is 38.8. The number of carbonyl (C=O) groups excluding carboxylic acids is 3. The lowest BCUT2D eigenvalue weighted by Crippen LogP contribution is -2.54. The number of urea groups is 1. The third kappa shape index (κ3) is 4.23. The van der Waals surface area contributed by atoms with Crippen LogP contribution >= 0.6 is 15.9 Å².